The predicted molar refractivity (Wildman–Crippen MR) is 80.5 cm³/mol. The van der Waals surface area contributed by atoms with Gasteiger partial charge < -0.3 is 15.0 Å². The number of hydrogen-bond acceptors (Lipinski definition) is 3. The Labute approximate surface area is 119 Å². The van der Waals surface area contributed by atoms with E-state index in [0.717, 1.165) is 25.0 Å². The number of rotatable bonds is 4. The van der Waals surface area contributed by atoms with Crippen LogP contribution in [0.1, 0.15) is 53.4 Å². The van der Waals surface area contributed by atoms with E-state index in [-0.39, 0.29) is 5.60 Å². The van der Waals surface area contributed by atoms with Gasteiger partial charge in [-0.15, -0.1) is 0 Å². The van der Waals surface area contributed by atoms with E-state index < -0.39 is 0 Å². The summed E-state index contributed by atoms with van der Waals surface area (Å²) in [5.74, 6) is 0.792. The second kappa shape index (κ2) is 6.55. The van der Waals surface area contributed by atoms with Gasteiger partial charge in [-0.1, -0.05) is 13.8 Å². The van der Waals surface area contributed by atoms with E-state index >= 15 is 0 Å². The molecule has 0 aromatic rings. The molecule has 0 aromatic carbocycles. The number of likely N-dealkylation sites (tertiary alicyclic amines) is 1. The highest BCUT2D eigenvalue weighted by molar-refractivity contribution is 4.87. The fourth-order valence-corrected chi connectivity index (χ4v) is 3.51. The van der Waals surface area contributed by atoms with Gasteiger partial charge >= 0.3 is 0 Å². The molecule has 2 heterocycles. The summed E-state index contributed by atoms with van der Waals surface area (Å²) in [7, 11) is 0. The molecule has 2 aliphatic heterocycles. The molecule has 0 saturated carbocycles. The highest BCUT2D eigenvalue weighted by atomic mass is 16.5. The molecule has 1 atom stereocenters. The highest BCUT2D eigenvalue weighted by Gasteiger charge is 2.30. The van der Waals surface area contributed by atoms with Crippen LogP contribution in [0.25, 0.3) is 0 Å². The fourth-order valence-electron chi connectivity index (χ4n) is 3.51. The smallest absolute Gasteiger partial charge is 0.0641 e. The first-order chi connectivity index (χ1) is 8.94. The third kappa shape index (κ3) is 5.05. The van der Waals surface area contributed by atoms with Gasteiger partial charge in [-0.25, -0.2) is 0 Å². The van der Waals surface area contributed by atoms with E-state index in [9.17, 15) is 0 Å². The number of nitrogens with zero attached hydrogens (tertiary/aromatic N) is 1. The molecule has 0 aliphatic carbocycles. The van der Waals surface area contributed by atoms with Crippen LogP contribution < -0.4 is 5.32 Å². The Morgan fingerprint density at radius 3 is 2.42 bits per heavy atom. The van der Waals surface area contributed by atoms with Crippen molar-refractivity contribution in [1.29, 1.82) is 0 Å². The Hall–Kier alpha value is -0.120. The largest absolute Gasteiger partial charge is 0.375 e. The molecule has 0 spiro atoms. The van der Waals surface area contributed by atoms with E-state index in [0.29, 0.717) is 6.04 Å². The lowest BCUT2D eigenvalue weighted by atomic mass is 9.92. The maximum absolute atomic E-state index is 5.80. The van der Waals surface area contributed by atoms with Crippen molar-refractivity contribution in [2.45, 2.75) is 71.1 Å². The van der Waals surface area contributed by atoms with Crippen LogP contribution in [-0.4, -0.2) is 48.8 Å². The van der Waals surface area contributed by atoms with Gasteiger partial charge in [0.1, 0.15) is 0 Å². The minimum Gasteiger partial charge on any atom is -0.375 e. The highest BCUT2D eigenvalue weighted by Crippen LogP contribution is 2.25. The Bertz CT molecular complexity index is 270. The predicted octanol–water partition coefficient (Wildman–Crippen LogP) is 2.65. The molecular formula is C16H32N2O. The molecule has 2 saturated heterocycles. The first kappa shape index (κ1) is 15.3. The van der Waals surface area contributed by atoms with Crippen LogP contribution in [0, 0.1) is 5.92 Å². The zero-order valence-electron chi connectivity index (χ0n) is 13.2. The minimum atomic E-state index is 0.0638. The number of piperidine rings is 1. The van der Waals surface area contributed by atoms with Gasteiger partial charge in [0.2, 0.25) is 0 Å². The van der Waals surface area contributed by atoms with Gasteiger partial charge in [0.15, 0.2) is 0 Å². The Kier molecular flexibility index (Phi) is 5.27. The SMILES string of the molecule is CC(C)CN1CCC(NC2CCOC(C)(C)C2)CC1. The van der Waals surface area contributed by atoms with Crippen molar-refractivity contribution in [3.8, 4) is 0 Å². The Morgan fingerprint density at radius 1 is 1.16 bits per heavy atom. The van der Waals surface area contributed by atoms with E-state index in [2.05, 4.69) is 37.9 Å². The van der Waals surface area contributed by atoms with Gasteiger partial charge in [0.25, 0.3) is 0 Å². The normalized spacial score (nSPS) is 29.8. The van der Waals surface area contributed by atoms with Crippen LogP contribution in [-0.2, 0) is 4.74 Å². The fraction of sp³-hybridized carbons (Fsp3) is 1.00. The quantitative estimate of drug-likeness (QED) is 0.848. The third-order valence-electron chi connectivity index (χ3n) is 4.38. The van der Waals surface area contributed by atoms with Crippen LogP contribution in [0.2, 0.25) is 0 Å². The first-order valence-corrected chi connectivity index (χ1v) is 8.07. The van der Waals surface area contributed by atoms with Crippen molar-refractivity contribution in [3.05, 3.63) is 0 Å². The third-order valence-corrected chi connectivity index (χ3v) is 4.38. The lowest BCUT2D eigenvalue weighted by Gasteiger charge is -2.40. The zero-order valence-corrected chi connectivity index (χ0v) is 13.2. The second-order valence-electron chi connectivity index (χ2n) is 7.43. The number of nitrogens with one attached hydrogen (secondary N) is 1. The lowest BCUT2D eigenvalue weighted by Crippen LogP contribution is -2.50. The number of hydrogen-bond donors (Lipinski definition) is 1. The second-order valence-corrected chi connectivity index (χ2v) is 7.43. The standard InChI is InChI=1S/C16H32N2O/c1-13(2)12-18-8-5-14(6-9-18)17-15-7-10-19-16(3,4)11-15/h13-15,17H,5-12H2,1-4H3. The summed E-state index contributed by atoms with van der Waals surface area (Å²) in [5.41, 5.74) is 0.0638. The molecule has 19 heavy (non-hydrogen) atoms. The molecule has 0 bridgehead atoms. The van der Waals surface area contributed by atoms with Crippen molar-refractivity contribution in [2.75, 3.05) is 26.2 Å². The summed E-state index contributed by atoms with van der Waals surface area (Å²) in [4.78, 5) is 2.62. The molecule has 1 unspecified atom stereocenters. The molecule has 2 fully saturated rings. The Morgan fingerprint density at radius 2 is 1.84 bits per heavy atom. The monoisotopic (exact) mass is 268 g/mol. The molecule has 0 radical (unpaired) electrons. The molecular weight excluding hydrogens is 236 g/mol. The van der Waals surface area contributed by atoms with Crippen molar-refractivity contribution < 1.29 is 4.74 Å². The van der Waals surface area contributed by atoms with Crippen LogP contribution in [0.15, 0.2) is 0 Å². The van der Waals surface area contributed by atoms with Gasteiger partial charge in [0, 0.05) is 25.2 Å². The Balaban J connectivity index is 1.70. The van der Waals surface area contributed by atoms with E-state index in [1.165, 1.54) is 38.9 Å². The molecule has 3 heteroatoms. The summed E-state index contributed by atoms with van der Waals surface area (Å²) >= 11 is 0. The molecule has 3 nitrogen and oxygen atoms in total. The minimum absolute atomic E-state index is 0.0638. The van der Waals surface area contributed by atoms with E-state index in [1.807, 2.05) is 0 Å². The van der Waals surface area contributed by atoms with Crippen LogP contribution in [0.3, 0.4) is 0 Å². The van der Waals surface area contributed by atoms with Crippen molar-refractivity contribution in [1.82, 2.24) is 10.2 Å². The van der Waals surface area contributed by atoms with Crippen molar-refractivity contribution in [2.24, 2.45) is 5.92 Å². The van der Waals surface area contributed by atoms with Crippen LogP contribution >= 0.6 is 0 Å². The zero-order chi connectivity index (χ0) is 13.9. The molecule has 1 N–H and O–H groups in total. The summed E-state index contributed by atoms with van der Waals surface area (Å²) in [6, 6.07) is 1.38. The molecule has 112 valence electrons. The van der Waals surface area contributed by atoms with E-state index in [4.69, 9.17) is 4.74 Å². The number of ether oxygens (including phenoxy) is 1. The molecule has 0 aromatic heterocycles. The molecule has 0 amide bonds. The van der Waals surface area contributed by atoms with Crippen LogP contribution in [0.5, 0.6) is 0 Å². The maximum Gasteiger partial charge on any atom is 0.0641 e. The summed E-state index contributed by atoms with van der Waals surface area (Å²) in [6.07, 6.45) is 4.95. The van der Waals surface area contributed by atoms with Gasteiger partial charge in [-0.3, -0.25) is 0 Å². The summed E-state index contributed by atoms with van der Waals surface area (Å²) < 4.78 is 5.80. The van der Waals surface area contributed by atoms with Crippen molar-refractivity contribution >= 4 is 0 Å². The van der Waals surface area contributed by atoms with Gasteiger partial charge in [0.05, 0.1) is 5.60 Å². The average Bonchev–Trinajstić information content (AvgIpc) is 2.30. The average molecular weight is 268 g/mol. The van der Waals surface area contributed by atoms with E-state index in [1.54, 1.807) is 0 Å². The van der Waals surface area contributed by atoms with Crippen molar-refractivity contribution in [3.63, 3.8) is 0 Å². The summed E-state index contributed by atoms with van der Waals surface area (Å²) in [5, 5.41) is 3.88. The first-order valence-electron chi connectivity index (χ1n) is 8.07. The molecule has 2 aliphatic rings. The molecule has 2 rings (SSSR count). The summed E-state index contributed by atoms with van der Waals surface area (Å²) in [6.45, 7) is 13.8. The lowest BCUT2D eigenvalue weighted by molar-refractivity contribution is -0.0649. The topological polar surface area (TPSA) is 24.5 Å². The van der Waals surface area contributed by atoms with Gasteiger partial charge in [-0.05, 0) is 58.5 Å². The van der Waals surface area contributed by atoms with Crippen LogP contribution in [0.4, 0.5) is 0 Å². The van der Waals surface area contributed by atoms with Gasteiger partial charge in [-0.2, -0.15) is 0 Å². The maximum atomic E-state index is 5.80.